The molecule has 0 aliphatic carbocycles. The lowest BCUT2D eigenvalue weighted by Crippen LogP contribution is -2.22. The van der Waals surface area contributed by atoms with Gasteiger partial charge < -0.3 is 8.83 Å². The highest BCUT2D eigenvalue weighted by Gasteiger charge is 2.13. The Balaban J connectivity index is 1.76. The van der Waals surface area contributed by atoms with Gasteiger partial charge in [-0.25, -0.2) is 4.39 Å². The van der Waals surface area contributed by atoms with Crippen LogP contribution in [0.4, 0.5) is 4.39 Å². The van der Waals surface area contributed by atoms with Crippen LogP contribution in [0.5, 0.6) is 0 Å². The number of hydrogen-bond acceptors (Lipinski definition) is 3. The summed E-state index contributed by atoms with van der Waals surface area (Å²) >= 11 is 0. The zero-order valence-corrected chi connectivity index (χ0v) is 11.5. The van der Waals surface area contributed by atoms with Gasteiger partial charge in [-0.15, -0.1) is 0 Å². The Bertz CT molecular complexity index is 626. The Morgan fingerprint density at radius 3 is 1.90 bits per heavy atom. The minimum absolute atomic E-state index is 0.193. The van der Waals surface area contributed by atoms with Crippen LogP contribution < -0.4 is 0 Å². The second-order valence-corrected chi connectivity index (χ2v) is 4.90. The quantitative estimate of drug-likeness (QED) is 0.679. The van der Waals surface area contributed by atoms with Gasteiger partial charge in [-0.05, 0) is 30.3 Å². The van der Waals surface area contributed by atoms with E-state index in [4.69, 9.17) is 8.83 Å². The normalized spacial score (nSPS) is 11.1. The molecule has 0 amide bonds. The van der Waals surface area contributed by atoms with Crippen LogP contribution in [-0.4, -0.2) is 4.90 Å². The van der Waals surface area contributed by atoms with Gasteiger partial charge in [0.1, 0.15) is 17.3 Å². The number of halogens is 1. The summed E-state index contributed by atoms with van der Waals surface area (Å²) in [5, 5.41) is 0. The number of benzene rings is 1. The zero-order valence-electron chi connectivity index (χ0n) is 11.5. The predicted octanol–water partition coefficient (Wildman–Crippen LogP) is 4.21. The molecule has 0 aliphatic rings. The van der Waals surface area contributed by atoms with Crippen molar-refractivity contribution in [2.24, 2.45) is 0 Å². The van der Waals surface area contributed by atoms with Crippen molar-refractivity contribution in [2.45, 2.75) is 19.6 Å². The molecule has 3 nitrogen and oxygen atoms in total. The Labute approximate surface area is 122 Å². The summed E-state index contributed by atoms with van der Waals surface area (Å²) in [5.41, 5.74) is 0.663. The highest BCUT2D eigenvalue weighted by atomic mass is 19.1. The molecule has 0 radical (unpaired) electrons. The first kappa shape index (κ1) is 13.6. The van der Waals surface area contributed by atoms with Crippen molar-refractivity contribution >= 4 is 0 Å². The Hall–Kier alpha value is -2.33. The van der Waals surface area contributed by atoms with Crippen LogP contribution in [0.15, 0.2) is 69.9 Å². The summed E-state index contributed by atoms with van der Waals surface area (Å²) in [6.45, 7) is 1.69. The summed E-state index contributed by atoms with van der Waals surface area (Å²) in [4.78, 5) is 2.08. The minimum atomic E-state index is -0.193. The molecule has 0 fully saturated rings. The van der Waals surface area contributed by atoms with Crippen LogP contribution in [0, 0.1) is 5.82 Å². The third-order valence-electron chi connectivity index (χ3n) is 3.27. The highest BCUT2D eigenvalue weighted by molar-refractivity contribution is 5.17. The minimum Gasteiger partial charge on any atom is -0.468 e. The van der Waals surface area contributed by atoms with Gasteiger partial charge in [0.2, 0.25) is 0 Å². The van der Waals surface area contributed by atoms with Crippen molar-refractivity contribution in [1.29, 1.82) is 0 Å². The smallest absolute Gasteiger partial charge is 0.127 e. The third-order valence-corrected chi connectivity index (χ3v) is 3.27. The van der Waals surface area contributed by atoms with E-state index in [1.54, 1.807) is 24.7 Å². The van der Waals surface area contributed by atoms with E-state index in [1.165, 1.54) is 6.07 Å². The fourth-order valence-corrected chi connectivity index (χ4v) is 2.28. The van der Waals surface area contributed by atoms with Crippen LogP contribution in [0.2, 0.25) is 0 Å². The predicted molar refractivity (Wildman–Crippen MR) is 76.8 cm³/mol. The van der Waals surface area contributed by atoms with Gasteiger partial charge in [-0.1, -0.05) is 18.2 Å². The zero-order chi connectivity index (χ0) is 14.5. The number of hydrogen-bond donors (Lipinski definition) is 0. The molecule has 0 saturated heterocycles. The Morgan fingerprint density at radius 2 is 1.38 bits per heavy atom. The SMILES string of the molecule is Fc1ccccc1CN(Cc1ccco1)Cc1ccco1. The van der Waals surface area contributed by atoms with E-state index in [9.17, 15) is 4.39 Å². The maximum Gasteiger partial charge on any atom is 0.127 e. The van der Waals surface area contributed by atoms with Crippen LogP contribution in [0.25, 0.3) is 0 Å². The highest BCUT2D eigenvalue weighted by Crippen LogP contribution is 2.16. The number of furan rings is 2. The molecule has 3 rings (SSSR count). The molecule has 3 aromatic rings. The molecular weight excluding hydrogens is 269 g/mol. The van der Waals surface area contributed by atoms with E-state index in [0.717, 1.165) is 11.5 Å². The number of nitrogens with zero attached hydrogens (tertiary/aromatic N) is 1. The fraction of sp³-hybridized carbons (Fsp3) is 0.176. The van der Waals surface area contributed by atoms with E-state index in [-0.39, 0.29) is 5.82 Å². The van der Waals surface area contributed by atoms with E-state index in [2.05, 4.69) is 4.90 Å². The summed E-state index contributed by atoms with van der Waals surface area (Å²) in [5.74, 6) is 1.50. The lowest BCUT2D eigenvalue weighted by Gasteiger charge is -2.20. The Morgan fingerprint density at radius 1 is 0.762 bits per heavy atom. The maximum atomic E-state index is 13.8. The van der Waals surface area contributed by atoms with Crippen molar-refractivity contribution in [3.8, 4) is 0 Å². The first-order chi connectivity index (χ1) is 10.3. The van der Waals surface area contributed by atoms with E-state index < -0.39 is 0 Å². The van der Waals surface area contributed by atoms with Gasteiger partial charge >= 0.3 is 0 Å². The molecule has 2 heterocycles. The summed E-state index contributed by atoms with van der Waals surface area (Å²) in [6, 6.07) is 14.3. The molecule has 1 aromatic carbocycles. The topological polar surface area (TPSA) is 29.5 Å². The van der Waals surface area contributed by atoms with E-state index in [0.29, 0.717) is 25.2 Å². The largest absolute Gasteiger partial charge is 0.468 e. The molecule has 4 heteroatoms. The third kappa shape index (κ3) is 3.61. The molecule has 0 aliphatic heterocycles. The molecule has 2 aromatic heterocycles. The molecule has 0 spiro atoms. The standard InChI is InChI=1S/C17H16FNO2/c18-17-8-2-1-5-14(17)11-19(12-15-6-3-9-20-15)13-16-7-4-10-21-16/h1-10H,11-13H2. The lowest BCUT2D eigenvalue weighted by atomic mass is 10.2. The summed E-state index contributed by atoms with van der Waals surface area (Å²) < 4.78 is 24.6. The van der Waals surface area contributed by atoms with Crippen molar-refractivity contribution in [1.82, 2.24) is 4.90 Å². The molecule has 21 heavy (non-hydrogen) atoms. The van der Waals surface area contributed by atoms with Crippen molar-refractivity contribution < 1.29 is 13.2 Å². The lowest BCUT2D eigenvalue weighted by molar-refractivity contribution is 0.207. The monoisotopic (exact) mass is 285 g/mol. The molecule has 0 saturated carbocycles. The van der Waals surface area contributed by atoms with Gasteiger partial charge in [-0.2, -0.15) is 0 Å². The summed E-state index contributed by atoms with van der Waals surface area (Å²) in [6.07, 6.45) is 3.28. The van der Waals surface area contributed by atoms with Crippen molar-refractivity contribution in [3.63, 3.8) is 0 Å². The van der Waals surface area contributed by atoms with Crippen LogP contribution in [-0.2, 0) is 19.6 Å². The molecule has 108 valence electrons. The van der Waals surface area contributed by atoms with E-state index >= 15 is 0 Å². The first-order valence-electron chi connectivity index (χ1n) is 6.82. The van der Waals surface area contributed by atoms with Crippen LogP contribution >= 0.6 is 0 Å². The summed E-state index contributed by atoms with van der Waals surface area (Å²) in [7, 11) is 0. The van der Waals surface area contributed by atoms with Gasteiger partial charge in [-0.3, -0.25) is 4.90 Å². The van der Waals surface area contributed by atoms with Gasteiger partial charge in [0.25, 0.3) is 0 Å². The van der Waals surface area contributed by atoms with Crippen LogP contribution in [0.1, 0.15) is 17.1 Å². The fourth-order valence-electron chi connectivity index (χ4n) is 2.28. The average Bonchev–Trinajstić information content (AvgIpc) is 3.15. The van der Waals surface area contributed by atoms with Crippen molar-refractivity contribution in [3.05, 3.63) is 84.0 Å². The molecule has 0 bridgehead atoms. The van der Waals surface area contributed by atoms with Crippen LogP contribution in [0.3, 0.4) is 0 Å². The van der Waals surface area contributed by atoms with Gasteiger partial charge in [0.15, 0.2) is 0 Å². The van der Waals surface area contributed by atoms with Crippen molar-refractivity contribution in [2.75, 3.05) is 0 Å². The first-order valence-corrected chi connectivity index (χ1v) is 6.82. The average molecular weight is 285 g/mol. The maximum absolute atomic E-state index is 13.8. The van der Waals surface area contributed by atoms with E-state index in [1.807, 2.05) is 30.3 Å². The molecular formula is C17H16FNO2. The Kier molecular flexibility index (Phi) is 4.17. The molecule has 0 atom stereocenters. The molecule has 0 N–H and O–H groups in total. The second kappa shape index (κ2) is 6.41. The van der Waals surface area contributed by atoms with Gasteiger partial charge in [0, 0.05) is 12.1 Å². The molecule has 0 unspecified atom stereocenters. The second-order valence-electron chi connectivity index (χ2n) is 4.90. The van der Waals surface area contributed by atoms with Gasteiger partial charge in [0.05, 0.1) is 25.6 Å². The number of rotatable bonds is 6.